The van der Waals surface area contributed by atoms with E-state index >= 15 is 0 Å². The van der Waals surface area contributed by atoms with Gasteiger partial charge >= 0.3 is 17.6 Å². The van der Waals surface area contributed by atoms with Crippen molar-refractivity contribution in [3.05, 3.63) is 0 Å². The fourth-order valence-electron chi connectivity index (χ4n) is 2.62. The molecule has 7 nitrogen and oxygen atoms in total. The molecular formula is C18H45NO6SSi2. The summed E-state index contributed by atoms with van der Waals surface area (Å²) in [7, 11) is -4.76. The zero-order valence-corrected chi connectivity index (χ0v) is 21.9. The minimum absolute atomic E-state index is 0.636. The highest BCUT2D eigenvalue weighted by molar-refractivity contribution is 7.80. The van der Waals surface area contributed by atoms with E-state index in [1.54, 1.807) is 0 Å². The lowest BCUT2D eigenvalue weighted by Crippen LogP contribution is -2.46. The molecule has 0 atom stereocenters. The Labute approximate surface area is 181 Å². The van der Waals surface area contributed by atoms with Crippen molar-refractivity contribution in [1.82, 2.24) is 0 Å². The third-order valence-electron chi connectivity index (χ3n) is 3.51. The van der Waals surface area contributed by atoms with Crippen molar-refractivity contribution in [2.75, 3.05) is 51.9 Å². The van der Waals surface area contributed by atoms with Crippen molar-refractivity contribution >= 4 is 30.2 Å². The van der Waals surface area contributed by atoms with Crippen LogP contribution in [0.1, 0.15) is 54.4 Å². The maximum Gasteiger partial charge on any atom is 0.500 e. The number of thiol groups is 1. The monoisotopic (exact) mass is 459 g/mol. The Morgan fingerprint density at radius 1 is 0.571 bits per heavy atom. The third kappa shape index (κ3) is 14.5. The summed E-state index contributed by atoms with van der Waals surface area (Å²) in [5.41, 5.74) is 5.48. The molecule has 0 saturated heterocycles. The van der Waals surface area contributed by atoms with E-state index in [2.05, 4.69) is 12.6 Å². The Kier molecular flexibility index (Phi) is 22.8. The summed E-state index contributed by atoms with van der Waals surface area (Å²) in [5.74, 6) is 0.849. The van der Waals surface area contributed by atoms with Gasteiger partial charge in [0.25, 0.3) is 0 Å². The normalized spacial score (nSPS) is 12.0. The predicted octanol–water partition coefficient (Wildman–Crippen LogP) is 3.74. The molecule has 0 saturated carbocycles. The molecular weight excluding hydrogens is 414 g/mol. The molecule has 10 heteroatoms. The smallest absolute Gasteiger partial charge is 0.374 e. The van der Waals surface area contributed by atoms with Crippen LogP contribution in [0.4, 0.5) is 0 Å². The van der Waals surface area contributed by atoms with Gasteiger partial charge in [0.1, 0.15) is 0 Å². The van der Waals surface area contributed by atoms with Gasteiger partial charge in [-0.1, -0.05) is 0 Å². The first-order chi connectivity index (χ1) is 13.5. The summed E-state index contributed by atoms with van der Waals surface area (Å²) in [6.45, 7) is 16.3. The van der Waals surface area contributed by atoms with Gasteiger partial charge in [-0.3, -0.25) is 0 Å². The average Bonchev–Trinajstić information content (AvgIpc) is 2.67. The molecule has 0 unspecified atom stereocenters. The second-order valence-electron chi connectivity index (χ2n) is 5.68. The van der Waals surface area contributed by atoms with Crippen LogP contribution in [0, 0.1) is 0 Å². The summed E-state index contributed by atoms with van der Waals surface area (Å²) in [6, 6.07) is 1.69. The minimum atomic E-state index is -2.40. The molecule has 0 heterocycles. The van der Waals surface area contributed by atoms with Crippen molar-refractivity contribution in [2.45, 2.75) is 66.5 Å². The Morgan fingerprint density at radius 2 is 0.857 bits per heavy atom. The van der Waals surface area contributed by atoms with Crippen LogP contribution in [0.2, 0.25) is 12.1 Å². The van der Waals surface area contributed by atoms with Crippen LogP contribution in [-0.4, -0.2) is 69.5 Å². The Balaban J connectivity index is 0. The lowest BCUT2D eigenvalue weighted by atomic mass is 10.5. The van der Waals surface area contributed by atoms with Crippen LogP contribution < -0.4 is 5.73 Å². The lowest BCUT2D eigenvalue weighted by Gasteiger charge is -2.28. The molecule has 0 aliphatic heterocycles. The topological polar surface area (TPSA) is 81.4 Å². The molecule has 0 fully saturated rings. The number of nitrogens with two attached hydrogens (primary N) is 1. The molecule has 0 amide bonds. The van der Waals surface area contributed by atoms with Crippen LogP contribution in [0.25, 0.3) is 0 Å². The molecule has 0 bridgehead atoms. The van der Waals surface area contributed by atoms with Crippen molar-refractivity contribution in [3.63, 3.8) is 0 Å². The second kappa shape index (κ2) is 20.8. The molecule has 0 rings (SSSR count). The fraction of sp³-hybridized carbons (Fsp3) is 1.00. The molecule has 0 aromatic carbocycles. The largest absolute Gasteiger partial charge is 0.500 e. The molecule has 0 spiro atoms. The van der Waals surface area contributed by atoms with Crippen molar-refractivity contribution < 1.29 is 26.6 Å². The van der Waals surface area contributed by atoms with E-state index in [9.17, 15) is 0 Å². The Bertz CT molecular complexity index is 268. The van der Waals surface area contributed by atoms with Gasteiger partial charge < -0.3 is 32.3 Å². The Morgan fingerprint density at radius 3 is 1.07 bits per heavy atom. The van der Waals surface area contributed by atoms with Crippen LogP contribution in [0.15, 0.2) is 0 Å². The fourth-order valence-corrected chi connectivity index (χ4v) is 8.32. The molecule has 0 aliphatic carbocycles. The lowest BCUT2D eigenvalue weighted by molar-refractivity contribution is 0.0703. The van der Waals surface area contributed by atoms with Gasteiger partial charge in [-0.05, 0) is 66.7 Å². The average molecular weight is 460 g/mol. The van der Waals surface area contributed by atoms with Crippen molar-refractivity contribution in [3.8, 4) is 0 Å². The van der Waals surface area contributed by atoms with Gasteiger partial charge in [-0.15, -0.1) is 0 Å². The van der Waals surface area contributed by atoms with E-state index < -0.39 is 17.6 Å². The molecule has 172 valence electrons. The van der Waals surface area contributed by atoms with Crippen molar-refractivity contribution in [2.24, 2.45) is 5.73 Å². The Hall–Kier alpha value is 0.504. The van der Waals surface area contributed by atoms with E-state index in [0.717, 1.165) is 30.7 Å². The van der Waals surface area contributed by atoms with Gasteiger partial charge in [0.15, 0.2) is 0 Å². The summed E-state index contributed by atoms with van der Waals surface area (Å²) in [4.78, 5) is 0. The van der Waals surface area contributed by atoms with Crippen LogP contribution in [0.3, 0.4) is 0 Å². The highest BCUT2D eigenvalue weighted by Crippen LogP contribution is 2.18. The number of hydrogen-bond acceptors (Lipinski definition) is 8. The van der Waals surface area contributed by atoms with Gasteiger partial charge in [0, 0.05) is 51.7 Å². The number of hydrogen-bond donors (Lipinski definition) is 2. The van der Waals surface area contributed by atoms with Crippen LogP contribution in [0.5, 0.6) is 0 Å². The molecule has 0 aliphatic rings. The van der Waals surface area contributed by atoms with E-state index in [4.69, 9.17) is 32.3 Å². The predicted molar refractivity (Wildman–Crippen MR) is 123 cm³/mol. The minimum Gasteiger partial charge on any atom is -0.374 e. The van der Waals surface area contributed by atoms with Crippen LogP contribution >= 0.6 is 12.6 Å². The number of rotatable bonds is 18. The maximum atomic E-state index is 5.67. The van der Waals surface area contributed by atoms with Gasteiger partial charge in [-0.2, -0.15) is 12.6 Å². The van der Waals surface area contributed by atoms with E-state index in [1.807, 2.05) is 41.5 Å². The first-order valence-corrected chi connectivity index (χ1v) is 15.1. The van der Waals surface area contributed by atoms with Gasteiger partial charge in [-0.25, -0.2) is 0 Å². The quantitative estimate of drug-likeness (QED) is 0.239. The first kappa shape index (κ1) is 30.7. The van der Waals surface area contributed by atoms with E-state index in [1.165, 1.54) is 0 Å². The van der Waals surface area contributed by atoms with E-state index in [-0.39, 0.29) is 0 Å². The van der Waals surface area contributed by atoms with Crippen molar-refractivity contribution in [1.29, 1.82) is 0 Å². The molecule has 2 N–H and O–H groups in total. The summed E-state index contributed by atoms with van der Waals surface area (Å²) >= 11 is 4.19. The summed E-state index contributed by atoms with van der Waals surface area (Å²) in [5, 5.41) is 0. The molecule has 0 aromatic heterocycles. The second-order valence-corrected chi connectivity index (χ2v) is 11.6. The molecule has 0 aromatic rings. The first-order valence-electron chi connectivity index (χ1n) is 10.6. The molecule has 28 heavy (non-hydrogen) atoms. The summed E-state index contributed by atoms with van der Waals surface area (Å²) < 4.78 is 34.0. The zero-order chi connectivity index (χ0) is 21.7. The zero-order valence-electron chi connectivity index (χ0n) is 19.0. The summed E-state index contributed by atoms with van der Waals surface area (Å²) in [6.07, 6.45) is 1.88. The van der Waals surface area contributed by atoms with Gasteiger partial charge in [0.05, 0.1) is 0 Å². The highest BCUT2D eigenvalue weighted by atomic mass is 32.1. The highest BCUT2D eigenvalue weighted by Gasteiger charge is 2.40. The third-order valence-corrected chi connectivity index (χ3v) is 10.1. The van der Waals surface area contributed by atoms with Gasteiger partial charge in [0.2, 0.25) is 0 Å². The SMILES string of the molecule is CCO[Si](CCCN)(OCC)OCC.CCO[Si](CCCS)(OCC)OCC. The van der Waals surface area contributed by atoms with Crippen LogP contribution in [-0.2, 0) is 26.6 Å². The standard InChI is InChI=1S/C9H23NO3Si.C9H22O3SSi/c1-4-11-14(12-5-2,13-6-3)9-7-8-10;1-4-10-14(11-5-2,12-6-3)9-7-8-13/h4-10H2,1-3H3;13H,4-9H2,1-3H3. The van der Waals surface area contributed by atoms with E-state index in [0.29, 0.717) is 46.2 Å². The maximum absolute atomic E-state index is 5.67. The molecule has 0 radical (unpaired) electrons.